The molecule has 0 spiro atoms. The number of nitrogens with zero attached hydrogens (tertiary/aromatic N) is 2. The summed E-state index contributed by atoms with van der Waals surface area (Å²) in [6.45, 7) is 0. The van der Waals surface area contributed by atoms with E-state index in [9.17, 15) is 0 Å². The second-order valence-electron chi connectivity index (χ2n) is 6.07. The molecule has 0 amide bonds. The van der Waals surface area contributed by atoms with Gasteiger partial charge in [-0.25, -0.2) is 9.97 Å². The summed E-state index contributed by atoms with van der Waals surface area (Å²) >= 11 is 0. The normalized spacial score (nSPS) is 14.4. The molecular weight excluding hydrogens is 286 g/mol. The lowest BCUT2D eigenvalue weighted by molar-refractivity contribution is 0.602. The number of hydrogen-bond acceptors (Lipinski definition) is 3. The number of aromatic nitrogens is 3. The van der Waals surface area contributed by atoms with Crippen LogP contribution in [-0.2, 0) is 0 Å². The van der Waals surface area contributed by atoms with E-state index >= 15 is 0 Å². The van der Waals surface area contributed by atoms with E-state index in [0.29, 0.717) is 5.92 Å². The second kappa shape index (κ2) is 4.81. The largest absolute Gasteiger partial charge is 0.443 e. The van der Waals surface area contributed by atoms with E-state index < -0.39 is 0 Å². The van der Waals surface area contributed by atoms with E-state index in [1.54, 1.807) is 0 Å². The number of fused-ring (bicyclic) bond motifs is 1. The first-order valence-corrected chi connectivity index (χ1v) is 7.86. The fourth-order valence-corrected chi connectivity index (χ4v) is 2.92. The van der Waals surface area contributed by atoms with Crippen molar-refractivity contribution in [2.75, 3.05) is 0 Å². The van der Waals surface area contributed by atoms with Crippen LogP contribution in [0, 0.1) is 0 Å². The topological polar surface area (TPSA) is 54.7 Å². The van der Waals surface area contributed by atoms with Crippen LogP contribution >= 0.6 is 0 Å². The molecule has 4 aromatic rings. The third-order valence-electron chi connectivity index (χ3n) is 4.42. The molecule has 5 rings (SSSR count). The molecule has 0 saturated heterocycles. The van der Waals surface area contributed by atoms with Crippen LogP contribution in [-0.4, -0.2) is 15.0 Å². The lowest BCUT2D eigenvalue weighted by Gasteiger charge is -2.03. The number of aromatic amines is 1. The average molecular weight is 301 g/mol. The molecule has 0 aliphatic heterocycles. The molecule has 1 N–H and O–H groups in total. The van der Waals surface area contributed by atoms with E-state index in [-0.39, 0.29) is 0 Å². The minimum absolute atomic E-state index is 0.650. The summed E-state index contributed by atoms with van der Waals surface area (Å²) in [6, 6.07) is 14.6. The van der Waals surface area contributed by atoms with Crippen LogP contribution in [0.2, 0.25) is 0 Å². The maximum atomic E-state index is 5.38. The van der Waals surface area contributed by atoms with Crippen molar-refractivity contribution in [2.24, 2.45) is 0 Å². The smallest absolute Gasteiger partial charge is 0.181 e. The first kappa shape index (κ1) is 12.6. The van der Waals surface area contributed by atoms with Crippen molar-refractivity contribution in [3.63, 3.8) is 0 Å². The quantitative estimate of drug-likeness (QED) is 0.593. The zero-order valence-electron chi connectivity index (χ0n) is 12.5. The first-order valence-electron chi connectivity index (χ1n) is 7.86. The number of rotatable bonds is 3. The van der Waals surface area contributed by atoms with Gasteiger partial charge in [-0.2, -0.15) is 0 Å². The number of benzene rings is 2. The van der Waals surface area contributed by atoms with Gasteiger partial charge in [-0.05, 0) is 41.7 Å². The molecule has 1 fully saturated rings. The zero-order chi connectivity index (χ0) is 15.2. The molecule has 1 aliphatic rings. The van der Waals surface area contributed by atoms with Crippen molar-refractivity contribution in [1.29, 1.82) is 0 Å². The van der Waals surface area contributed by atoms with Crippen LogP contribution in [0.15, 0.2) is 59.5 Å². The molecule has 112 valence electrons. The second-order valence-corrected chi connectivity index (χ2v) is 6.07. The maximum absolute atomic E-state index is 5.38. The summed E-state index contributed by atoms with van der Waals surface area (Å²) in [5.74, 6) is 1.77. The van der Waals surface area contributed by atoms with Gasteiger partial charge in [0.05, 0.1) is 11.9 Å². The third-order valence-corrected chi connectivity index (χ3v) is 4.42. The number of oxazole rings is 1. The number of hydrogen-bond donors (Lipinski definition) is 1. The predicted octanol–water partition coefficient (Wildman–Crippen LogP) is 4.76. The van der Waals surface area contributed by atoms with Crippen LogP contribution in [0.5, 0.6) is 0 Å². The molecule has 4 nitrogen and oxygen atoms in total. The lowest BCUT2D eigenvalue weighted by Crippen LogP contribution is -1.83. The van der Waals surface area contributed by atoms with E-state index in [0.717, 1.165) is 39.3 Å². The Hall–Kier alpha value is -2.88. The fourth-order valence-electron chi connectivity index (χ4n) is 2.92. The molecule has 2 aromatic carbocycles. The minimum atomic E-state index is 0.650. The van der Waals surface area contributed by atoms with Crippen LogP contribution in [0.3, 0.4) is 0 Å². The minimum Gasteiger partial charge on any atom is -0.443 e. The van der Waals surface area contributed by atoms with E-state index in [1.807, 2.05) is 18.3 Å². The highest BCUT2D eigenvalue weighted by molar-refractivity contribution is 5.80. The van der Waals surface area contributed by atoms with Gasteiger partial charge in [-0.3, -0.25) is 0 Å². The Morgan fingerprint density at radius 2 is 1.70 bits per heavy atom. The monoisotopic (exact) mass is 301 g/mol. The van der Waals surface area contributed by atoms with Crippen molar-refractivity contribution in [3.05, 3.63) is 60.9 Å². The molecule has 1 aliphatic carbocycles. The van der Waals surface area contributed by atoms with Gasteiger partial charge in [0, 0.05) is 5.92 Å². The molecule has 1 saturated carbocycles. The van der Waals surface area contributed by atoms with Crippen molar-refractivity contribution >= 4 is 11.1 Å². The van der Waals surface area contributed by atoms with E-state index in [4.69, 9.17) is 4.42 Å². The van der Waals surface area contributed by atoms with Gasteiger partial charge in [-0.15, -0.1) is 0 Å². The third kappa shape index (κ3) is 2.23. The Kier molecular flexibility index (Phi) is 2.65. The Morgan fingerprint density at radius 1 is 0.913 bits per heavy atom. The molecule has 0 bridgehead atoms. The molecule has 4 heteroatoms. The standard InChI is InChI=1S/C19H15N3O/c1-3-13(17-10-20-19(22-17)14-5-6-14)4-2-12(1)15-7-8-16-18(9-15)23-11-21-16/h1-4,7-11,14H,5-6H2,(H,20,22). The molecule has 23 heavy (non-hydrogen) atoms. The van der Waals surface area contributed by atoms with Crippen molar-refractivity contribution < 1.29 is 4.42 Å². The summed E-state index contributed by atoms with van der Waals surface area (Å²) in [5, 5.41) is 0. The van der Waals surface area contributed by atoms with Gasteiger partial charge < -0.3 is 9.40 Å². The van der Waals surface area contributed by atoms with Gasteiger partial charge in [-0.1, -0.05) is 30.3 Å². The van der Waals surface area contributed by atoms with Gasteiger partial charge in [0.25, 0.3) is 0 Å². The van der Waals surface area contributed by atoms with Crippen molar-refractivity contribution in [2.45, 2.75) is 18.8 Å². The van der Waals surface area contributed by atoms with E-state index in [2.05, 4.69) is 45.3 Å². The fraction of sp³-hybridized carbons (Fsp3) is 0.158. The summed E-state index contributed by atoms with van der Waals surface area (Å²) < 4.78 is 5.38. The van der Waals surface area contributed by atoms with Crippen LogP contribution in [0.25, 0.3) is 33.5 Å². The predicted molar refractivity (Wildman–Crippen MR) is 89.0 cm³/mol. The maximum Gasteiger partial charge on any atom is 0.181 e. The van der Waals surface area contributed by atoms with Crippen LogP contribution in [0.4, 0.5) is 0 Å². The Labute approximate surface area is 133 Å². The lowest BCUT2D eigenvalue weighted by atomic mass is 10.0. The van der Waals surface area contributed by atoms with Gasteiger partial charge in [0.15, 0.2) is 12.0 Å². The zero-order valence-corrected chi connectivity index (χ0v) is 12.5. The van der Waals surface area contributed by atoms with Crippen molar-refractivity contribution in [1.82, 2.24) is 15.0 Å². The van der Waals surface area contributed by atoms with E-state index in [1.165, 1.54) is 19.2 Å². The molecule has 0 atom stereocenters. The molecular formula is C19H15N3O. The van der Waals surface area contributed by atoms with Crippen molar-refractivity contribution in [3.8, 4) is 22.4 Å². The van der Waals surface area contributed by atoms with Crippen LogP contribution < -0.4 is 0 Å². The summed E-state index contributed by atoms with van der Waals surface area (Å²) in [4.78, 5) is 12.1. The average Bonchev–Trinajstić information content (AvgIpc) is 3.14. The Morgan fingerprint density at radius 3 is 2.52 bits per heavy atom. The SMILES string of the molecule is c1nc2ccc(-c3ccc(-c4cnc(C5CC5)[nH]4)cc3)cc2o1. The highest BCUT2D eigenvalue weighted by atomic mass is 16.3. The van der Waals surface area contributed by atoms with Gasteiger partial charge >= 0.3 is 0 Å². The number of imidazole rings is 1. The number of H-pyrrole nitrogens is 1. The Bertz CT molecular complexity index is 977. The Balaban J connectivity index is 1.47. The molecule has 0 radical (unpaired) electrons. The summed E-state index contributed by atoms with van der Waals surface area (Å²) in [7, 11) is 0. The van der Waals surface area contributed by atoms with Gasteiger partial charge in [0.2, 0.25) is 0 Å². The summed E-state index contributed by atoms with van der Waals surface area (Å²) in [5.41, 5.74) is 6.24. The number of nitrogens with one attached hydrogen (secondary N) is 1. The highest BCUT2D eigenvalue weighted by Gasteiger charge is 2.26. The molecule has 2 aromatic heterocycles. The summed E-state index contributed by atoms with van der Waals surface area (Å²) in [6.07, 6.45) is 5.93. The molecule has 2 heterocycles. The van der Waals surface area contributed by atoms with Crippen LogP contribution in [0.1, 0.15) is 24.6 Å². The first-order chi connectivity index (χ1) is 11.4. The highest BCUT2D eigenvalue weighted by Crippen LogP contribution is 2.39. The van der Waals surface area contributed by atoms with Gasteiger partial charge in [0.1, 0.15) is 11.3 Å². The molecule has 0 unspecified atom stereocenters.